The van der Waals surface area contributed by atoms with Gasteiger partial charge in [-0.05, 0) is 92.4 Å². The van der Waals surface area contributed by atoms with Gasteiger partial charge in [-0.2, -0.15) is 0 Å². The second kappa shape index (κ2) is 8.29. The molecule has 4 saturated carbocycles. The second-order valence-electron chi connectivity index (χ2n) is 12.9. The molecule has 6 aliphatic rings. The van der Waals surface area contributed by atoms with E-state index in [4.69, 9.17) is 15.2 Å². The lowest BCUT2D eigenvalue weighted by Gasteiger charge is -2.64. The summed E-state index contributed by atoms with van der Waals surface area (Å²) >= 11 is 0. The molecule has 2 aliphatic heterocycles. The third-order valence-corrected chi connectivity index (χ3v) is 11.9. The number of nitrogens with two attached hydrogens (primary N) is 1. The number of cyclic esters (lactones) is 1. The van der Waals surface area contributed by atoms with Crippen LogP contribution in [0.4, 0.5) is 0 Å². The summed E-state index contributed by atoms with van der Waals surface area (Å²) in [5, 5.41) is 12.4. The molecule has 1 saturated heterocycles. The summed E-state index contributed by atoms with van der Waals surface area (Å²) in [6.07, 6.45) is 12.3. The Hall–Kier alpha value is -0.950. The number of carbonyl (C=O) groups excluding carboxylic acids is 1. The number of carbonyl (C=O) groups is 1. The Kier molecular flexibility index (Phi) is 5.72. The minimum atomic E-state index is -0.615. The summed E-state index contributed by atoms with van der Waals surface area (Å²) in [6.45, 7) is 8.77. The third kappa shape index (κ3) is 3.31. The zero-order valence-electron chi connectivity index (χ0n) is 21.1. The molecule has 2 heterocycles. The maximum atomic E-state index is 12.4. The highest BCUT2D eigenvalue weighted by molar-refractivity contribution is 5.85. The summed E-state index contributed by atoms with van der Waals surface area (Å²) in [5.41, 5.74) is 6.62. The van der Waals surface area contributed by atoms with Crippen molar-refractivity contribution in [2.75, 3.05) is 32.8 Å². The Morgan fingerprint density at radius 3 is 2.74 bits per heavy atom. The molecule has 6 rings (SSSR count). The largest absolute Gasteiger partial charge is 0.458 e. The lowest BCUT2D eigenvalue weighted by Crippen LogP contribution is -2.63. The molecule has 0 spiro atoms. The average molecular weight is 473 g/mol. The molecule has 0 unspecified atom stereocenters. The second-order valence-corrected chi connectivity index (χ2v) is 12.9. The molecule has 0 amide bonds. The fourth-order valence-electron chi connectivity index (χ4n) is 9.94. The molecule has 0 radical (unpaired) electrons. The van der Waals surface area contributed by atoms with Gasteiger partial charge in [0.1, 0.15) is 6.61 Å². The van der Waals surface area contributed by atoms with Gasteiger partial charge in [0.2, 0.25) is 0 Å². The molecule has 6 heteroatoms. The number of ether oxygens (including phenoxy) is 2. The highest BCUT2D eigenvalue weighted by atomic mass is 16.5. The van der Waals surface area contributed by atoms with Gasteiger partial charge in [0, 0.05) is 37.2 Å². The lowest BCUT2D eigenvalue weighted by molar-refractivity contribution is -0.207. The van der Waals surface area contributed by atoms with Gasteiger partial charge in [0.15, 0.2) is 0 Å². The fourth-order valence-corrected chi connectivity index (χ4v) is 9.94. The van der Waals surface area contributed by atoms with E-state index >= 15 is 0 Å². The van der Waals surface area contributed by atoms with Crippen LogP contribution in [0.25, 0.3) is 0 Å². The van der Waals surface area contributed by atoms with Crippen LogP contribution in [0.15, 0.2) is 11.6 Å². The Morgan fingerprint density at radius 2 is 1.97 bits per heavy atom. The Bertz CT molecular complexity index is 861. The zero-order chi connectivity index (χ0) is 23.7. The van der Waals surface area contributed by atoms with Crippen LogP contribution in [0.3, 0.4) is 0 Å². The number of hydrogen-bond donors (Lipinski definition) is 2. The van der Waals surface area contributed by atoms with E-state index in [0.29, 0.717) is 36.4 Å². The Balaban J connectivity index is 1.20. The Morgan fingerprint density at radius 1 is 1.12 bits per heavy atom. The predicted molar refractivity (Wildman–Crippen MR) is 130 cm³/mol. The molecule has 4 aliphatic carbocycles. The summed E-state index contributed by atoms with van der Waals surface area (Å²) in [5.74, 6) is 1.83. The van der Waals surface area contributed by atoms with Gasteiger partial charge in [-0.3, -0.25) is 4.90 Å². The van der Waals surface area contributed by atoms with E-state index in [1.807, 2.05) is 0 Å². The maximum Gasteiger partial charge on any atom is 0.331 e. The maximum absolute atomic E-state index is 12.4. The van der Waals surface area contributed by atoms with Crippen molar-refractivity contribution in [1.29, 1.82) is 0 Å². The van der Waals surface area contributed by atoms with Crippen LogP contribution < -0.4 is 5.73 Å². The van der Waals surface area contributed by atoms with Crippen LogP contribution >= 0.6 is 0 Å². The minimum Gasteiger partial charge on any atom is -0.458 e. The highest BCUT2D eigenvalue weighted by Gasteiger charge is 2.67. The van der Waals surface area contributed by atoms with E-state index < -0.39 is 5.60 Å². The minimum absolute atomic E-state index is 0.139. The van der Waals surface area contributed by atoms with Gasteiger partial charge in [0.25, 0.3) is 0 Å². The summed E-state index contributed by atoms with van der Waals surface area (Å²) in [6, 6.07) is 0.659. The first-order valence-electron chi connectivity index (χ1n) is 13.9. The van der Waals surface area contributed by atoms with Gasteiger partial charge in [0.05, 0.1) is 18.3 Å². The smallest absolute Gasteiger partial charge is 0.331 e. The monoisotopic (exact) mass is 472 g/mol. The molecule has 0 aromatic carbocycles. The van der Waals surface area contributed by atoms with Crippen LogP contribution in [0.5, 0.6) is 0 Å². The van der Waals surface area contributed by atoms with Crippen molar-refractivity contribution in [3.8, 4) is 0 Å². The van der Waals surface area contributed by atoms with Gasteiger partial charge in [-0.15, -0.1) is 0 Å². The number of fused-ring (bicyclic) bond motifs is 5. The first kappa shape index (κ1) is 23.4. The van der Waals surface area contributed by atoms with Crippen LogP contribution in [-0.4, -0.2) is 66.6 Å². The molecule has 5 fully saturated rings. The van der Waals surface area contributed by atoms with Gasteiger partial charge in [-0.1, -0.05) is 13.8 Å². The van der Waals surface area contributed by atoms with Crippen molar-refractivity contribution >= 4 is 5.97 Å². The standard InChI is InChI=1S/C28H44N2O4/c1-26-8-5-20(30-11-12-33-21(15-29)16-30)14-19(26)3-4-24-23(26)6-9-27(2)22(7-10-28(24,27)32)18-13-25(31)34-17-18/h13,19-24,32H,3-12,14-17,29H2,1-2H3/t19-,20+,21-,22-,23+,24-,26+,27-,28+/m1/s1. The predicted octanol–water partition coefficient (Wildman–Crippen LogP) is 3.27. The van der Waals surface area contributed by atoms with Crippen molar-refractivity contribution in [2.24, 2.45) is 40.2 Å². The molecular weight excluding hydrogens is 428 g/mol. The molecule has 3 N–H and O–H groups in total. The number of rotatable bonds is 3. The quantitative estimate of drug-likeness (QED) is 0.614. The first-order valence-corrected chi connectivity index (χ1v) is 13.9. The van der Waals surface area contributed by atoms with Crippen molar-refractivity contribution in [1.82, 2.24) is 4.90 Å². The van der Waals surface area contributed by atoms with E-state index in [2.05, 4.69) is 18.7 Å². The average Bonchev–Trinajstić information content (AvgIpc) is 3.38. The van der Waals surface area contributed by atoms with Gasteiger partial charge >= 0.3 is 5.97 Å². The number of nitrogens with zero attached hydrogens (tertiary/aromatic N) is 1. The Labute approximate surface area is 204 Å². The number of hydrogen-bond acceptors (Lipinski definition) is 6. The molecule has 0 aromatic heterocycles. The summed E-state index contributed by atoms with van der Waals surface area (Å²) in [4.78, 5) is 14.4. The van der Waals surface area contributed by atoms with Crippen molar-refractivity contribution in [3.63, 3.8) is 0 Å². The first-order chi connectivity index (χ1) is 16.3. The van der Waals surface area contributed by atoms with Gasteiger partial charge in [-0.25, -0.2) is 4.79 Å². The van der Waals surface area contributed by atoms with E-state index in [9.17, 15) is 9.90 Å². The van der Waals surface area contributed by atoms with Gasteiger partial charge < -0.3 is 20.3 Å². The van der Waals surface area contributed by atoms with E-state index in [0.717, 1.165) is 56.9 Å². The lowest BCUT2D eigenvalue weighted by atomic mass is 9.43. The van der Waals surface area contributed by atoms with E-state index in [-0.39, 0.29) is 23.4 Å². The van der Waals surface area contributed by atoms with Crippen LogP contribution in [0.2, 0.25) is 0 Å². The van der Waals surface area contributed by atoms with E-state index in [1.54, 1.807) is 6.08 Å². The van der Waals surface area contributed by atoms with Crippen molar-refractivity contribution in [3.05, 3.63) is 11.6 Å². The molecule has 0 bridgehead atoms. The topological polar surface area (TPSA) is 85.0 Å². The molecule has 0 aromatic rings. The summed E-state index contributed by atoms with van der Waals surface area (Å²) in [7, 11) is 0. The summed E-state index contributed by atoms with van der Waals surface area (Å²) < 4.78 is 11.1. The number of esters is 1. The van der Waals surface area contributed by atoms with Crippen LogP contribution in [0.1, 0.15) is 71.6 Å². The number of morpholine rings is 1. The van der Waals surface area contributed by atoms with Crippen molar-refractivity contribution in [2.45, 2.75) is 89.4 Å². The SMILES string of the molecule is C[C@]12CC[C@H](N3CCO[C@H](CN)C3)C[C@H]1CC[C@@H]1[C@@H]2CC[C@]2(C)[C@@H](C3=CC(=O)OC3)CC[C@]12O. The molecular formula is C28H44N2O4. The zero-order valence-corrected chi connectivity index (χ0v) is 21.1. The molecule has 34 heavy (non-hydrogen) atoms. The highest BCUT2D eigenvalue weighted by Crippen LogP contribution is 2.70. The van der Waals surface area contributed by atoms with Crippen molar-refractivity contribution < 1.29 is 19.4 Å². The fraction of sp³-hybridized carbons (Fsp3) is 0.893. The molecule has 9 atom stereocenters. The molecule has 190 valence electrons. The number of aliphatic hydroxyl groups is 1. The van der Waals surface area contributed by atoms with E-state index in [1.165, 1.54) is 32.1 Å². The van der Waals surface area contributed by atoms with Crippen LogP contribution in [0, 0.1) is 34.5 Å². The normalized spacial score (nSPS) is 51.3. The molecule has 6 nitrogen and oxygen atoms in total. The third-order valence-electron chi connectivity index (χ3n) is 11.9. The van der Waals surface area contributed by atoms with Crippen LogP contribution in [-0.2, 0) is 14.3 Å².